The van der Waals surface area contributed by atoms with Crippen LogP contribution in [0, 0.1) is 5.92 Å². The first kappa shape index (κ1) is 16.3. The summed E-state index contributed by atoms with van der Waals surface area (Å²) in [5.41, 5.74) is 0. The Balaban J connectivity index is 1.98. The van der Waals surface area contributed by atoms with E-state index in [1.807, 2.05) is 4.57 Å². The third-order valence-corrected chi connectivity index (χ3v) is 4.84. The highest BCUT2D eigenvalue weighted by Crippen LogP contribution is 2.29. The van der Waals surface area contributed by atoms with Crippen molar-refractivity contribution in [2.75, 3.05) is 19.5 Å². The monoisotopic (exact) mass is 313 g/mol. The van der Waals surface area contributed by atoms with Gasteiger partial charge in [0.2, 0.25) is 0 Å². The molecule has 1 N–H and O–H groups in total. The number of aromatic nitrogens is 3. The molecule has 118 valence electrons. The number of rotatable bonds is 9. The summed E-state index contributed by atoms with van der Waals surface area (Å²) in [6.45, 7) is 1.25. The summed E-state index contributed by atoms with van der Waals surface area (Å²) >= 11 is 1.22. The smallest absolute Gasteiger partial charge is 0.313 e. The van der Waals surface area contributed by atoms with Crippen LogP contribution in [0.5, 0.6) is 0 Å². The number of aryl methyl sites for hydroxylation is 1. The van der Waals surface area contributed by atoms with Crippen molar-refractivity contribution < 1.29 is 14.6 Å². The molecule has 1 heterocycles. The van der Waals surface area contributed by atoms with E-state index in [2.05, 4.69) is 10.2 Å². The maximum Gasteiger partial charge on any atom is 0.313 e. The van der Waals surface area contributed by atoms with Crippen LogP contribution in [0.1, 0.15) is 37.9 Å². The van der Waals surface area contributed by atoms with Crippen LogP contribution in [0.15, 0.2) is 5.16 Å². The van der Waals surface area contributed by atoms with Crippen molar-refractivity contribution in [1.82, 2.24) is 14.8 Å². The van der Waals surface area contributed by atoms with Crippen molar-refractivity contribution in [1.29, 1.82) is 0 Å². The zero-order valence-electron chi connectivity index (χ0n) is 12.5. The van der Waals surface area contributed by atoms with Crippen molar-refractivity contribution in [2.24, 2.45) is 5.92 Å². The Bertz CT molecular complexity index is 458. The number of methoxy groups -OCH3 is 1. The van der Waals surface area contributed by atoms with Gasteiger partial charge in [-0.3, -0.25) is 4.79 Å². The third kappa shape index (κ3) is 5.00. The van der Waals surface area contributed by atoms with E-state index in [0.717, 1.165) is 24.6 Å². The first-order chi connectivity index (χ1) is 10.2. The van der Waals surface area contributed by atoms with Gasteiger partial charge < -0.3 is 14.4 Å². The van der Waals surface area contributed by atoms with E-state index in [1.165, 1.54) is 37.4 Å². The molecule has 21 heavy (non-hydrogen) atoms. The third-order valence-electron chi connectivity index (χ3n) is 3.89. The normalized spacial score (nSPS) is 15.7. The fourth-order valence-corrected chi connectivity index (χ4v) is 3.48. The van der Waals surface area contributed by atoms with Crippen molar-refractivity contribution in [3.05, 3.63) is 5.82 Å². The molecule has 1 fully saturated rings. The minimum absolute atomic E-state index is 0.00768. The van der Waals surface area contributed by atoms with E-state index in [9.17, 15) is 4.79 Å². The Labute approximate surface area is 129 Å². The predicted molar refractivity (Wildman–Crippen MR) is 80.5 cm³/mol. The topological polar surface area (TPSA) is 77.2 Å². The Morgan fingerprint density at radius 2 is 2.19 bits per heavy atom. The highest BCUT2D eigenvalue weighted by atomic mass is 32.2. The molecule has 0 unspecified atom stereocenters. The van der Waals surface area contributed by atoms with Gasteiger partial charge in [0, 0.05) is 20.1 Å². The second-order valence-corrected chi connectivity index (χ2v) is 6.36. The molecule has 1 aromatic rings. The number of ether oxygens (including phenoxy) is 1. The van der Waals surface area contributed by atoms with Crippen LogP contribution in [0.4, 0.5) is 0 Å². The van der Waals surface area contributed by atoms with Crippen LogP contribution in [0.2, 0.25) is 0 Å². The summed E-state index contributed by atoms with van der Waals surface area (Å²) in [7, 11) is 1.66. The summed E-state index contributed by atoms with van der Waals surface area (Å²) in [5, 5.41) is 17.9. The van der Waals surface area contributed by atoms with Crippen LogP contribution < -0.4 is 0 Å². The lowest BCUT2D eigenvalue weighted by atomic mass is 10.0. The summed E-state index contributed by atoms with van der Waals surface area (Å²) in [4.78, 5) is 10.7. The average Bonchev–Trinajstić information content (AvgIpc) is 3.10. The molecule has 1 aliphatic carbocycles. The Morgan fingerprint density at radius 3 is 2.86 bits per heavy atom. The van der Waals surface area contributed by atoms with Gasteiger partial charge in [0.05, 0.1) is 12.4 Å². The van der Waals surface area contributed by atoms with Crippen LogP contribution >= 0.6 is 11.8 Å². The molecule has 0 atom stereocenters. The lowest BCUT2D eigenvalue weighted by Gasteiger charge is -2.11. The SMILES string of the molecule is COCCn1c(CCC2CCCC2)nnc1SCC(=O)O. The average molecular weight is 313 g/mol. The second-order valence-electron chi connectivity index (χ2n) is 5.41. The van der Waals surface area contributed by atoms with Gasteiger partial charge in [-0.15, -0.1) is 10.2 Å². The quantitative estimate of drug-likeness (QED) is 0.704. The molecule has 0 bridgehead atoms. The van der Waals surface area contributed by atoms with Gasteiger partial charge >= 0.3 is 5.97 Å². The molecular formula is C14H23N3O3S. The second kappa shape index (κ2) is 8.38. The van der Waals surface area contributed by atoms with Crippen LogP contribution in [-0.4, -0.2) is 45.3 Å². The molecule has 0 amide bonds. The minimum atomic E-state index is -0.839. The summed E-state index contributed by atoms with van der Waals surface area (Å²) in [6, 6.07) is 0. The largest absolute Gasteiger partial charge is 0.481 e. The molecule has 1 aromatic heterocycles. The van der Waals surface area contributed by atoms with Crippen LogP contribution in [-0.2, 0) is 22.5 Å². The maximum atomic E-state index is 10.7. The van der Waals surface area contributed by atoms with Gasteiger partial charge in [0.25, 0.3) is 0 Å². The number of aliphatic carboxylic acids is 1. The molecule has 6 nitrogen and oxygen atoms in total. The van der Waals surface area contributed by atoms with Crippen LogP contribution in [0.25, 0.3) is 0 Å². The van der Waals surface area contributed by atoms with Gasteiger partial charge in [-0.25, -0.2) is 0 Å². The van der Waals surface area contributed by atoms with Gasteiger partial charge in [-0.1, -0.05) is 37.4 Å². The van der Waals surface area contributed by atoms with Crippen molar-refractivity contribution >= 4 is 17.7 Å². The van der Waals surface area contributed by atoms with E-state index in [1.54, 1.807) is 7.11 Å². The van der Waals surface area contributed by atoms with Crippen molar-refractivity contribution in [3.63, 3.8) is 0 Å². The summed E-state index contributed by atoms with van der Waals surface area (Å²) in [6.07, 6.45) is 7.41. The Kier molecular flexibility index (Phi) is 6.50. The molecule has 2 rings (SSSR count). The Morgan fingerprint density at radius 1 is 1.43 bits per heavy atom. The molecule has 1 saturated carbocycles. The molecular weight excluding hydrogens is 290 g/mol. The molecule has 7 heteroatoms. The minimum Gasteiger partial charge on any atom is -0.481 e. The highest BCUT2D eigenvalue weighted by molar-refractivity contribution is 7.99. The zero-order valence-corrected chi connectivity index (χ0v) is 13.3. The lowest BCUT2D eigenvalue weighted by Crippen LogP contribution is -2.11. The van der Waals surface area contributed by atoms with Crippen LogP contribution in [0.3, 0.4) is 0 Å². The Hall–Kier alpha value is -1.08. The number of carboxylic acid groups (broad SMARTS) is 1. The molecule has 0 radical (unpaired) electrons. The number of nitrogens with zero attached hydrogens (tertiary/aromatic N) is 3. The summed E-state index contributed by atoms with van der Waals surface area (Å²) < 4.78 is 7.13. The van der Waals surface area contributed by atoms with Gasteiger partial charge in [0.1, 0.15) is 5.82 Å². The van der Waals surface area contributed by atoms with E-state index in [-0.39, 0.29) is 5.75 Å². The fraction of sp³-hybridized carbons (Fsp3) is 0.786. The first-order valence-corrected chi connectivity index (χ1v) is 8.45. The van der Waals surface area contributed by atoms with E-state index < -0.39 is 5.97 Å². The maximum absolute atomic E-state index is 10.7. The first-order valence-electron chi connectivity index (χ1n) is 7.46. The van der Waals surface area contributed by atoms with E-state index in [0.29, 0.717) is 18.3 Å². The van der Waals surface area contributed by atoms with Crippen molar-refractivity contribution in [3.8, 4) is 0 Å². The molecule has 0 saturated heterocycles. The highest BCUT2D eigenvalue weighted by Gasteiger charge is 2.18. The molecule has 0 aliphatic heterocycles. The molecule has 0 aromatic carbocycles. The van der Waals surface area contributed by atoms with Gasteiger partial charge in [0.15, 0.2) is 5.16 Å². The fourth-order valence-electron chi connectivity index (χ4n) is 2.78. The standard InChI is InChI=1S/C14H23N3O3S/c1-20-9-8-17-12(7-6-11-4-2-3-5-11)15-16-14(17)21-10-13(18)19/h11H,2-10H2,1H3,(H,18,19). The number of thioether (sulfide) groups is 1. The predicted octanol–water partition coefficient (Wildman–Crippen LogP) is 2.22. The van der Waals surface area contributed by atoms with Gasteiger partial charge in [-0.05, 0) is 12.3 Å². The number of hydrogen-bond donors (Lipinski definition) is 1. The number of hydrogen-bond acceptors (Lipinski definition) is 5. The molecule has 0 spiro atoms. The zero-order chi connectivity index (χ0) is 15.1. The van der Waals surface area contributed by atoms with Crippen molar-refractivity contribution in [2.45, 2.75) is 50.2 Å². The molecule has 1 aliphatic rings. The lowest BCUT2D eigenvalue weighted by molar-refractivity contribution is -0.133. The summed E-state index contributed by atoms with van der Waals surface area (Å²) in [5.74, 6) is 0.932. The number of carbonyl (C=O) groups is 1. The van der Waals surface area contributed by atoms with E-state index in [4.69, 9.17) is 9.84 Å². The number of carboxylic acids is 1. The van der Waals surface area contributed by atoms with E-state index >= 15 is 0 Å². The van der Waals surface area contributed by atoms with Gasteiger partial charge in [-0.2, -0.15) is 0 Å².